The lowest BCUT2D eigenvalue weighted by Crippen LogP contribution is -2.53. The number of benzene rings is 1. The molecular weight excluding hydrogens is 497 g/mol. The van der Waals surface area contributed by atoms with E-state index < -0.39 is 35.4 Å². The van der Waals surface area contributed by atoms with Crippen molar-refractivity contribution in [2.45, 2.75) is 77.2 Å². The van der Waals surface area contributed by atoms with Crippen molar-refractivity contribution in [1.29, 1.82) is 0 Å². The van der Waals surface area contributed by atoms with Crippen molar-refractivity contribution < 1.29 is 37.0 Å². The molecule has 5 atom stereocenters. The van der Waals surface area contributed by atoms with Gasteiger partial charge in [0.2, 0.25) is 0 Å². The highest BCUT2D eigenvalue weighted by Gasteiger charge is 2.65. The number of cyclic esters (lactones) is 1. The predicted octanol–water partition coefficient (Wildman–Crippen LogP) is 6.67. The summed E-state index contributed by atoms with van der Waals surface area (Å²) in [5.74, 6) is -2.08. The van der Waals surface area contributed by atoms with Gasteiger partial charge in [0.25, 0.3) is 5.60 Å². The molecule has 1 aliphatic heterocycles. The molecule has 0 unspecified atom stereocenters. The summed E-state index contributed by atoms with van der Waals surface area (Å²) in [6.07, 6.45) is 0.117. The molecule has 2 fully saturated rings. The Kier molecular flexibility index (Phi) is 7.60. The molecule has 0 aromatic heterocycles. The topological polar surface area (TPSA) is 61.8 Å². The van der Waals surface area contributed by atoms with Gasteiger partial charge < -0.3 is 14.2 Å². The number of methoxy groups -OCH3 is 1. The average molecular weight is 535 g/mol. The monoisotopic (exact) mass is 534 g/mol. The first kappa shape index (κ1) is 28.4. The fourth-order valence-electron chi connectivity index (χ4n) is 7.40. The van der Waals surface area contributed by atoms with Gasteiger partial charge in [-0.25, -0.2) is 9.59 Å². The molecule has 0 amide bonds. The standard InChI is InChI=1S/C30H37F3O5/c1-19-12-13-24-27(2,3)15-9-16-28(24,4)22(19)18-23(21-14-17-37-25(21)34)38-26(35)29(36-5,30(31,32)33)20-10-7-6-8-11-20/h6-8,10-11,14,22-24H,1,9,12-13,15-18H2,2-5H3/t22-,23+,24-,28+,29-/m0/s1. The largest absolute Gasteiger partial charge is 0.458 e. The van der Waals surface area contributed by atoms with E-state index in [0.717, 1.165) is 44.8 Å². The number of carbonyl (C=O) groups excluding carboxylic acids is 2. The number of rotatable bonds is 7. The van der Waals surface area contributed by atoms with Crippen molar-refractivity contribution in [2.24, 2.45) is 22.7 Å². The average Bonchev–Trinajstić information content (AvgIpc) is 3.26. The van der Waals surface area contributed by atoms with Gasteiger partial charge in [0.15, 0.2) is 0 Å². The van der Waals surface area contributed by atoms with Crippen molar-refractivity contribution in [3.63, 3.8) is 0 Å². The lowest BCUT2D eigenvalue weighted by Gasteiger charge is -2.58. The molecule has 38 heavy (non-hydrogen) atoms. The molecule has 2 aliphatic carbocycles. The maximum absolute atomic E-state index is 14.6. The molecule has 4 rings (SSSR count). The van der Waals surface area contributed by atoms with E-state index in [9.17, 15) is 22.8 Å². The Morgan fingerprint density at radius 3 is 2.45 bits per heavy atom. The van der Waals surface area contributed by atoms with E-state index >= 15 is 0 Å². The van der Waals surface area contributed by atoms with Gasteiger partial charge in [0.1, 0.15) is 12.7 Å². The van der Waals surface area contributed by atoms with Gasteiger partial charge in [-0.05, 0) is 60.8 Å². The normalized spacial score (nSPS) is 29.5. The number of hydrogen-bond acceptors (Lipinski definition) is 5. The fraction of sp³-hybridized carbons (Fsp3) is 0.600. The summed E-state index contributed by atoms with van der Waals surface area (Å²) in [6.45, 7) is 11.1. The predicted molar refractivity (Wildman–Crippen MR) is 136 cm³/mol. The summed E-state index contributed by atoms with van der Waals surface area (Å²) >= 11 is 0. The van der Waals surface area contributed by atoms with Crippen LogP contribution in [-0.4, -0.2) is 37.9 Å². The van der Waals surface area contributed by atoms with E-state index in [1.807, 2.05) is 0 Å². The zero-order chi connectivity index (χ0) is 27.9. The van der Waals surface area contributed by atoms with Gasteiger partial charge in [-0.1, -0.05) is 69.7 Å². The molecule has 0 N–H and O–H groups in total. The summed E-state index contributed by atoms with van der Waals surface area (Å²) in [4.78, 5) is 26.2. The Labute approximate surface area is 222 Å². The first-order valence-corrected chi connectivity index (χ1v) is 13.2. The summed E-state index contributed by atoms with van der Waals surface area (Å²) in [7, 11) is 0.832. The van der Waals surface area contributed by atoms with E-state index in [-0.39, 0.29) is 35.3 Å². The number of alkyl halides is 3. The van der Waals surface area contributed by atoms with Crippen molar-refractivity contribution in [3.8, 4) is 0 Å². The minimum absolute atomic E-state index is 0.0197. The molecule has 1 aromatic rings. The fourth-order valence-corrected chi connectivity index (χ4v) is 7.40. The molecule has 0 radical (unpaired) electrons. The van der Waals surface area contributed by atoms with Crippen molar-refractivity contribution >= 4 is 11.9 Å². The molecule has 3 aliphatic rings. The maximum atomic E-state index is 14.6. The smallest absolute Gasteiger partial charge is 0.432 e. The Morgan fingerprint density at radius 2 is 1.87 bits per heavy atom. The van der Waals surface area contributed by atoms with E-state index in [4.69, 9.17) is 14.2 Å². The summed E-state index contributed by atoms with van der Waals surface area (Å²) in [5.41, 5.74) is -2.80. The van der Waals surface area contributed by atoms with Crippen molar-refractivity contribution in [3.05, 3.63) is 59.7 Å². The quantitative estimate of drug-likeness (QED) is 0.289. The molecule has 1 aromatic carbocycles. The zero-order valence-corrected chi connectivity index (χ0v) is 22.5. The van der Waals surface area contributed by atoms with Crippen LogP contribution in [0, 0.1) is 22.7 Å². The Bertz CT molecular complexity index is 1110. The molecule has 5 nitrogen and oxygen atoms in total. The second-order valence-electron chi connectivity index (χ2n) is 11.8. The molecule has 1 heterocycles. The SMILES string of the molecule is C=C1CC[C@H]2C(C)(C)CCC[C@]2(C)[C@H]1C[C@@H](OC(=O)[C@@](OC)(c1ccccc1)C(F)(F)F)C1=CCOC1=O. The van der Waals surface area contributed by atoms with Crippen LogP contribution in [0.25, 0.3) is 0 Å². The van der Waals surface area contributed by atoms with Gasteiger partial charge in [-0.3, -0.25) is 0 Å². The highest BCUT2D eigenvalue weighted by atomic mass is 19.4. The third-order valence-corrected chi connectivity index (χ3v) is 9.29. The van der Waals surface area contributed by atoms with Crippen LogP contribution in [0.3, 0.4) is 0 Å². The van der Waals surface area contributed by atoms with Crippen molar-refractivity contribution in [1.82, 2.24) is 0 Å². The lowest BCUT2D eigenvalue weighted by atomic mass is 9.47. The van der Waals surface area contributed by atoms with Crippen LogP contribution in [0.5, 0.6) is 0 Å². The third-order valence-electron chi connectivity index (χ3n) is 9.29. The molecule has 2 saturated carbocycles. The Balaban J connectivity index is 1.73. The molecule has 8 heteroatoms. The highest BCUT2D eigenvalue weighted by Crippen LogP contribution is 2.62. The van der Waals surface area contributed by atoms with Gasteiger partial charge in [0.05, 0.1) is 5.57 Å². The molecular formula is C30H37F3O5. The number of esters is 2. The van der Waals surface area contributed by atoms with Crippen LogP contribution in [0.2, 0.25) is 0 Å². The number of ether oxygens (including phenoxy) is 3. The maximum Gasteiger partial charge on any atom is 0.432 e. The minimum atomic E-state index is -5.12. The van der Waals surface area contributed by atoms with E-state index in [0.29, 0.717) is 5.92 Å². The van der Waals surface area contributed by atoms with E-state index in [1.165, 1.54) is 30.3 Å². The first-order chi connectivity index (χ1) is 17.8. The number of allylic oxidation sites excluding steroid dienone is 1. The number of hydrogen-bond donors (Lipinski definition) is 0. The summed E-state index contributed by atoms with van der Waals surface area (Å²) < 4.78 is 59.4. The van der Waals surface area contributed by atoms with Gasteiger partial charge in [-0.2, -0.15) is 13.2 Å². The van der Waals surface area contributed by atoms with Crippen LogP contribution >= 0.6 is 0 Å². The van der Waals surface area contributed by atoms with Crippen LogP contribution in [0.1, 0.15) is 64.9 Å². The zero-order valence-electron chi connectivity index (χ0n) is 22.5. The highest BCUT2D eigenvalue weighted by molar-refractivity contribution is 5.92. The third kappa shape index (κ3) is 4.69. The summed E-state index contributed by atoms with van der Waals surface area (Å²) in [6, 6.07) is 6.69. The van der Waals surface area contributed by atoms with E-state index in [2.05, 4.69) is 27.4 Å². The molecule has 0 saturated heterocycles. The van der Waals surface area contributed by atoms with Crippen LogP contribution in [0.4, 0.5) is 13.2 Å². The molecule has 208 valence electrons. The lowest BCUT2D eigenvalue weighted by molar-refractivity contribution is -0.278. The van der Waals surface area contributed by atoms with Crippen molar-refractivity contribution in [2.75, 3.05) is 13.7 Å². The number of halogens is 3. The van der Waals surface area contributed by atoms with Gasteiger partial charge in [-0.15, -0.1) is 0 Å². The Morgan fingerprint density at radius 1 is 1.18 bits per heavy atom. The summed E-state index contributed by atoms with van der Waals surface area (Å²) in [5, 5.41) is 0. The van der Waals surface area contributed by atoms with Gasteiger partial charge >= 0.3 is 18.1 Å². The minimum Gasteiger partial charge on any atom is -0.458 e. The second-order valence-corrected chi connectivity index (χ2v) is 11.8. The van der Waals surface area contributed by atoms with Crippen LogP contribution in [-0.2, 0) is 29.4 Å². The Hall–Kier alpha value is -2.61. The molecule has 0 bridgehead atoms. The van der Waals surface area contributed by atoms with Gasteiger partial charge in [0, 0.05) is 12.7 Å². The molecule has 0 spiro atoms. The van der Waals surface area contributed by atoms with Crippen LogP contribution < -0.4 is 0 Å². The van der Waals surface area contributed by atoms with E-state index in [1.54, 1.807) is 6.07 Å². The van der Waals surface area contributed by atoms with Crippen LogP contribution in [0.15, 0.2) is 54.1 Å². The first-order valence-electron chi connectivity index (χ1n) is 13.2. The number of carbonyl (C=O) groups is 2. The second kappa shape index (κ2) is 10.2. The number of fused-ring (bicyclic) bond motifs is 1.